The molecule has 0 aliphatic rings. The van der Waals surface area contributed by atoms with Crippen LogP contribution in [-0.4, -0.2) is 10.9 Å². The highest BCUT2D eigenvalue weighted by molar-refractivity contribution is 9.10. The number of rotatable bonds is 4. The Morgan fingerprint density at radius 1 is 1.19 bits per heavy atom. The number of nitrogens with one attached hydrogen (secondary N) is 1. The summed E-state index contributed by atoms with van der Waals surface area (Å²) in [6.07, 6.45) is 0. The molecule has 134 valence electrons. The zero-order valence-electron chi connectivity index (χ0n) is 14.9. The molecule has 3 rings (SSSR count). The van der Waals surface area contributed by atoms with E-state index in [1.54, 1.807) is 12.1 Å². The van der Waals surface area contributed by atoms with Crippen molar-refractivity contribution in [1.29, 1.82) is 0 Å². The van der Waals surface area contributed by atoms with E-state index in [1.807, 2.05) is 39.0 Å². The first kappa shape index (κ1) is 18.5. The van der Waals surface area contributed by atoms with Gasteiger partial charge in [0, 0.05) is 16.4 Å². The van der Waals surface area contributed by atoms with Gasteiger partial charge in [-0.2, -0.15) is 0 Å². The Morgan fingerprint density at radius 3 is 2.54 bits per heavy atom. The second kappa shape index (κ2) is 7.54. The van der Waals surface area contributed by atoms with Gasteiger partial charge < -0.3 is 5.32 Å². The van der Waals surface area contributed by atoms with E-state index in [4.69, 9.17) is 4.98 Å². The van der Waals surface area contributed by atoms with E-state index in [9.17, 15) is 9.18 Å². The molecule has 0 unspecified atom stereocenters. The quantitative estimate of drug-likeness (QED) is 0.612. The molecule has 3 aromatic rings. The second-order valence-corrected chi connectivity index (χ2v) is 7.54. The van der Waals surface area contributed by atoms with E-state index in [0.717, 1.165) is 32.2 Å². The van der Waals surface area contributed by atoms with Gasteiger partial charge in [-0.1, -0.05) is 48.0 Å². The summed E-state index contributed by atoms with van der Waals surface area (Å²) in [5.41, 5.74) is 4.04. The maximum atomic E-state index is 13.0. The van der Waals surface area contributed by atoms with Crippen LogP contribution < -0.4 is 5.32 Å². The zero-order valence-corrected chi connectivity index (χ0v) is 16.5. The number of amides is 1. The number of hydrogen-bond donors (Lipinski definition) is 1. The van der Waals surface area contributed by atoms with Crippen molar-refractivity contribution in [2.45, 2.75) is 33.2 Å². The van der Waals surface area contributed by atoms with Crippen LogP contribution in [0.15, 0.2) is 46.9 Å². The molecule has 1 amide bonds. The molecule has 0 saturated carbocycles. The van der Waals surface area contributed by atoms with Crippen molar-refractivity contribution in [2.24, 2.45) is 0 Å². The fourth-order valence-corrected chi connectivity index (χ4v) is 3.35. The second-order valence-electron chi connectivity index (χ2n) is 6.62. The van der Waals surface area contributed by atoms with E-state index < -0.39 is 0 Å². The van der Waals surface area contributed by atoms with Crippen molar-refractivity contribution in [3.8, 4) is 0 Å². The average molecular weight is 415 g/mol. The summed E-state index contributed by atoms with van der Waals surface area (Å²) >= 11 is 3.48. The van der Waals surface area contributed by atoms with E-state index in [1.165, 1.54) is 12.1 Å². The molecule has 5 heteroatoms. The van der Waals surface area contributed by atoms with Crippen LogP contribution in [0.1, 0.15) is 46.9 Å². The monoisotopic (exact) mass is 414 g/mol. The summed E-state index contributed by atoms with van der Waals surface area (Å²) in [7, 11) is 0. The minimum Gasteiger partial charge on any atom is -0.348 e. The molecule has 1 N–H and O–H groups in total. The Hall–Kier alpha value is -2.27. The highest BCUT2D eigenvalue weighted by Crippen LogP contribution is 2.29. The van der Waals surface area contributed by atoms with Gasteiger partial charge in [-0.3, -0.25) is 9.78 Å². The van der Waals surface area contributed by atoms with Gasteiger partial charge in [-0.15, -0.1) is 0 Å². The van der Waals surface area contributed by atoms with Crippen LogP contribution in [0.2, 0.25) is 0 Å². The third-order valence-corrected chi connectivity index (χ3v) is 4.87. The molecule has 0 fully saturated rings. The number of fused-ring (bicyclic) bond motifs is 1. The highest BCUT2D eigenvalue weighted by atomic mass is 79.9. The normalized spacial score (nSPS) is 11.2. The molecule has 0 aliphatic carbocycles. The lowest BCUT2D eigenvalue weighted by Gasteiger charge is -2.17. The standard InChI is InChI=1S/C21H20BrFN2O/c1-12(2)20-19(13(3)17-9-6-15(22)10-18(17)25-20)21(26)24-11-14-4-7-16(23)8-5-14/h4-10,12H,11H2,1-3H3,(H,24,26). The van der Waals surface area contributed by atoms with Crippen molar-refractivity contribution in [1.82, 2.24) is 10.3 Å². The van der Waals surface area contributed by atoms with Crippen LogP contribution in [0, 0.1) is 12.7 Å². The van der Waals surface area contributed by atoms with Crippen molar-refractivity contribution >= 4 is 32.7 Å². The summed E-state index contributed by atoms with van der Waals surface area (Å²) in [5, 5.41) is 3.90. The van der Waals surface area contributed by atoms with Crippen LogP contribution >= 0.6 is 15.9 Å². The lowest BCUT2D eigenvalue weighted by atomic mass is 9.95. The predicted octanol–water partition coefficient (Wildman–Crippen LogP) is 5.50. The Morgan fingerprint density at radius 2 is 1.88 bits per heavy atom. The molecule has 0 aliphatic heterocycles. The first-order chi connectivity index (χ1) is 12.4. The third kappa shape index (κ3) is 3.78. The van der Waals surface area contributed by atoms with E-state index in [2.05, 4.69) is 21.2 Å². The van der Waals surface area contributed by atoms with Crippen LogP contribution in [0.4, 0.5) is 4.39 Å². The average Bonchev–Trinajstić information content (AvgIpc) is 2.60. The molecule has 0 saturated heterocycles. The van der Waals surface area contributed by atoms with Crippen molar-refractivity contribution in [3.63, 3.8) is 0 Å². The molecule has 1 aromatic heterocycles. The van der Waals surface area contributed by atoms with Crippen LogP contribution in [-0.2, 0) is 6.54 Å². The molecule has 1 heterocycles. The van der Waals surface area contributed by atoms with Crippen molar-refractivity contribution in [2.75, 3.05) is 0 Å². The molecular weight excluding hydrogens is 395 g/mol. The maximum Gasteiger partial charge on any atom is 0.253 e. The zero-order chi connectivity index (χ0) is 18.8. The third-order valence-electron chi connectivity index (χ3n) is 4.38. The lowest BCUT2D eigenvalue weighted by Crippen LogP contribution is -2.26. The molecule has 2 aromatic carbocycles. The number of nitrogens with zero attached hydrogens (tertiary/aromatic N) is 1. The Balaban J connectivity index is 1.97. The van der Waals surface area contributed by atoms with Gasteiger partial charge >= 0.3 is 0 Å². The van der Waals surface area contributed by atoms with Crippen molar-refractivity contribution < 1.29 is 9.18 Å². The lowest BCUT2D eigenvalue weighted by molar-refractivity contribution is 0.0948. The van der Waals surface area contributed by atoms with Crippen LogP contribution in [0.5, 0.6) is 0 Å². The van der Waals surface area contributed by atoms with Gasteiger partial charge in [0.15, 0.2) is 0 Å². The van der Waals surface area contributed by atoms with Gasteiger partial charge in [-0.25, -0.2) is 4.39 Å². The Kier molecular flexibility index (Phi) is 5.37. The number of benzene rings is 2. The number of aromatic nitrogens is 1. The fraction of sp³-hybridized carbons (Fsp3) is 0.238. The highest BCUT2D eigenvalue weighted by Gasteiger charge is 2.20. The molecule has 0 spiro atoms. The number of carbonyl (C=O) groups is 1. The topological polar surface area (TPSA) is 42.0 Å². The van der Waals surface area contributed by atoms with Crippen LogP contribution in [0.25, 0.3) is 10.9 Å². The number of pyridine rings is 1. The summed E-state index contributed by atoms with van der Waals surface area (Å²) in [4.78, 5) is 17.7. The molecule has 0 bridgehead atoms. The molecule has 3 nitrogen and oxygen atoms in total. The fourth-order valence-electron chi connectivity index (χ4n) is 3.00. The van der Waals surface area contributed by atoms with E-state index in [0.29, 0.717) is 12.1 Å². The Labute approximate surface area is 160 Å². The van der Waals surface area contributed by atoms with Gasteiger partial charge in [-0.05, 0) is 48.2 Å². The first-order valence-corrected chi connectivity index (χ1v) is 9.28. The summed E-state index contributed by atoms with van der Waals surface area (Å²) in [6, 6.07) is 12.0. The molecule has 0 atom stereocenters. The van der Waals surface area contributed by atoms with Crippen molar-refractivity contribution in [3.05, 3.63) is 75.1 Å². The largest absolute Gasteiger partial charge is 0.348 e. The predicted molar refractivity (Wildman–Crippen MR) is 106 cm³/mol. The molecule has 0 radical (unpaired) electrons. The van der Waals surface area contributed by atoms with Gasteiger partial charge in [0.05, 0.1) is 16.8 Å². The Bertz CT molecular complexity index is 968. The van der Waals surface area contributed by atoms with Gasteiger partial charge in [0.2, 0.25) is 0 Å². The summed E-state index contributed by atoms with van der Waals surface area (Å²) in [6.45, 7) is 6.36. The minimum absolute atomic E-state index is 0.114. The molecular formula is C21H20BrFN2O. The molecule has 26 heavy (non-hydrogen) atoms. The number of hydrogen-bond acceptors (Lipinski definition) is 2. The SMILES string of the molecule is Cc1c(C(=O)NCc2ccc(F)cc2)c(C(C)C)nc2cc(Br)ccc12. The van der Waals surface area contributed by atoms with Gasteiger partial charge in [0.25, 0.3) is 5.91 Å². The number of aryl methyl sites for hydroxylation is 1. The number of carbonyl (C=O) groups excluding carboxylic acids is 1. The summed E-state index contributed by atoms with van der Waals surface area (Å²) < 4.78 is 14.0. The maximum absolute atomic E-state index is 13.0. The minimum atomic E-state index is -0.289. The number of halogens is 2. The van der Waals surface area contributed by atoms with E-state index >= 15 is 0 Å². The summed E-state index contributed by atoms with van der Waals surface area (Å²) in [5.74, 6) is -0.334. The van der Waals surface area contributed by atoms with E-state index in [-0.39, 0.29) is 17.6 Å². The smallest absolute Gasteiger partial charge is 0.253 e. The van der Waals surface area contributed by atoms with Crippen LogP contribution in [0.3, 0.4) is 0 Å². The van der Waals surface area contributed by atoms with Gasteiger partial charge in [0.1, 0.15) is 5.82 Å². The first-order valence-electron chi connectivity index (χ1n) is 8.49.